The molecular formula is C28H32N8O. The molecule has 1 aromatic carbocycles. The number of aryl methyl sites for hydroxylation is 1. The van der Waals surface area contributed by atoms with Gasteiger partial charge in [0.2, 0.25) is 0 Å². The second-order valence-electron chi connectivity index (χ2n) is 9.58. The summed E-state index contributed by atoms with van der Waals surface area (Å²) in [6.07, 6.45) is 5.61. The van der Waals surface area contributed by atoms with Gasteiger partial charge in [0.1, 0.15) is 17.8 Å². The van der Waals surface area contributed by atoms with Crippen LogP contribution in [0, 0.1) is 6.92 Å². The number of hydrogen-bond donors (Lipinski definition) is 3. The Labute approximate surface area is 215 Å². The Morgan fingerprint density at radius 2 is 1.89 bits per heavy atom. The number of hydrogen-bond acceptors (Lipinski definition) is 6. The van der Waals surface area contributed by atoms with Crippen molar-refractivity contribution in [3.63, 3.8) is 0 Å². The number of benzene rings is 1. The van der Waals surface area contributed by atoms with Gasteiger partial charge in [0.25, 0.3) is 0 Å². The van der Waals surface area contributed by atoms with Crippen molar-refractivity contribution >= 4 is 16.9 Å². The molecule has 1 saturated heterocycles. The number of H-pyrrole nitrogens is 2. The number of ether oxygens (including phenoxy) is 1. The van der Waals surface area contributed by atoms with Crippen molar-refractivity contribution < 1.29 is 4.74 Å². The minimum absolute atomic E-state index is 0.00386. The highest BCUT2D eigenvalue weighted by Gasteiger charge is 2.20. The van der Waals surface area contributed by atoms with Gasteiger partial charge in [-0.25, -0.2) is 9.97 Å². The summed E-state index contributed by atoms with van der Waals surface area (Å²) in [6.45, 7) is 9.62. The number of nitrogens with zero attached hydrogens (tertiary/aromatic N) is 5. The van der Waals surface area contributed by atoms with Crippen LogP contribution in [-0.2, 0) is 11.3 Å². The van der Waals surface area contributed by atoms with Gasteiger partial charge in [-0.2, -0.15) is 5.10 Å². The number of aromatic nitrogens is 6. The lowest BCUT2D eigenvalue weighted by atomic mass is 10.0. The fraction of sp³-hybridized carbons (Fsp3) is 0.321. The molecule has 0 amide bonds. The highest BCUT2D eigenvalue weighted by molar-refractivity contribution is 6.00. The lowest BCUT2D eigenvalue weighted by Gasteiger charge is -2.26. The van der Waals surface area contributed by atoms with Gasteiger partial charge in [0.05, 0.1) is 36.9 Å². The fourth-order valence-electron chi connectivity index (χ4n) is 5.06. The minimum Gasteiger partial charge on any atom is -0.379 e. The molecule has 0 bridgehead atoms. The van der Waals surface area contributed by atoms with E-state index in [2.05, 4.69) is 80.4 Å². The van der Waals surface area contributed by atoms with Crippen LogP contribution in [0.1, 0.15) is 24.4 Å². The highest BCUT2D eigenvalue weighted by atomic mass is 16.5. The van der Waals surface area contributed by atoms with Crippen molar-refractivity contribution in [2.24, 2.45) is 0 Å². The van der Waals surface area contributed by atoms with E-state index in [1.54, 1.807) is 6.33 Å². The quantitative estimate of drug-likeness (QED) is 0.290. The molecule has 0 aliphatic carbocycles. The molecule has 0 unspecified atom stereocenters. The van der Waals surface area contributed by atoms with Crippen LogP contribution in [0.15, 0.2) is 61.2 Å². The zero-order valence-electron chi connectivity index (χ0n) is 21.2. The number of nitrogens with one attached hydrogen (secondary N) is 3. The molecule has 1 fully saturated rings. The third-order valence-corrected chi connectivity index (χ3v) is 6.99. The topological polar surface area (TPSA) is 99.7 Å². The van der Waals surface area contributed by atoms with Crippen LogP contribution in [0.25, 0.3) is 33.4 Å². The number of rotatable bonds is 8. The first kappa shape index (κ1) is 23.4. The predicted octanol–water partition coefficient (Wildman–Crippen LogP) is 4.63. The van der Waals surface area contributed by atoms with Crippen molar-refractivity contribution in [3.05, 3.63) is 72.6 Å². The zero-order valence-corrected chi connectivity index (χ0v) is 21.2. The van der Waals surface area contributed by atoms with Gasteiger partial charge in [-0.1, -0.05) is 30.3 Å². The SMILES string of the molecule is Cc1cc(-c2ccccc2)c([C@H](C)Nc2ncnc3[nH]cc(-c4ccn(CCN5CCOCC5)n4)c23)[nH]1. The molecular weight excluding hydrogens is 464 g/mol. The summed E-state index contributed by atoms with van der Waals surface area (Å²) in [5, 5.41) is 9.45. The Bertz CT molecular complexity index is 1480. The molecule has 5 heterocycles. The average molecular weight is 497 g/mol. The van der Waals surface area contributed by atoms with E-state index in [-0.39, 0.29) is 6.04 Å². The van der Waals surface area contributed by atoms with Crippen molar-refractivity contribution in [3.8, 4) is 22.4 Å². The highest BCUT2D eigenvalue weighted by Crippen LogP contribution is 2.35. The van der Waals surface area contributed by atoms with Crippen LogP contribution in [-0.4, -0.2) is 67.5 Å². The van der Waals surface area contributed by atoms with E-state index >= 15 is 0 Å². The van der Waals surface area contributed by atoms with Gasteiger partial charge >= 0.3 is 0 Å². The van der Waals surface area contributed by atoms with Gasteiger partial charge in [0.15, 0.2) is 0 Å². The van der Waals surface area contributed by atoms with E-state index in [4.69, 9.17) is 9.84 Å². The van der Waals surface area contributed by atoms with E-state index in [0.717, 1.165) is 78.9 Å². The van der Waals surface area contributed by atoms with Crippen molar-refractivity contribution in [2.75, 3.05) is 38.2 Å². The van der Waals surface area contributed by atoms with E-state index in [1.807, 2.05) is 23.1 Å². The smallest absolute Gasteiger partial charge is 0.143 e. The van der Waals surface area contributed by atoms with Gasteiger partial charge in [-0.05, 0) is 31.5 Å². The van der Waals surface area contributed by atoms with Crippen LogP contribution in [0.5, 0.6) is 0 Å². The maximum atomic E-state index is 5.46. The maximum Gasteiger partial charge on any atom is 0.143 e. The third kappa shape index (κ3) is 4.87. The molecule has 3 N–H and O–H groups in total. The lowest BCUT2D eigenvalue weighted by Crippen LogP contribution is -2.38. The second kappa shape index (κ2) is 10.2. The average Bonchev–Trinajstić information content (AvgIpc) is 3.67. The number of fused-ring (bicyclic) bond motifs is 1. The number of aromatic amines is 2. The molecule has 0 radical (unpaired) electrons. The molecule has 5 aromatic rings. The van der Waals surface area contributed by atoms with Crippen LogP contribution in [0.2, 0.25) is 0 Å². The molecule has 6 rings (SSSR count). The second-order valence-corrected chi connectivity index (χ2v) is 9.58. The minimum atomic E-state index is -0.00386. The summed E-state index contributed by atoms with van der Waals surface area (Å²) < 4.78 is 7.47. The first-order valence-corrected chi connectivity index (χ1v) is 12.8. The molecule has 190 valence electrons. The van der Waals surface area contributed by atoms with Crippen molar-refractivity contribution in [2.45, 2.75) is 26.4 Å². The Morgan fingerprint density at radius 1 is 1.05 bits per heavy atom. The first-order chi connectivity index (χ1) is 18.2. The molecule has 1 atom stereocenters. The first-order valence-electron chi connectivity index (χ1n) is 12.8. The molecule has 4 aromatic heterocycles. The molecule has 0 saturated carbocycles. The Balaban J connectivity index is 1.26. The van der Waals surface area contributed by atoms with Crippen molar-refractivity contribution in [1.82, 2.24) is 34.6 Å². The van der Waals surface area contributed by atoms with Gasteiger partial charge < -0.3 is 20.0 Å². The lowest BCUT2D eigenvalue weighted by molar-refractivity contribution is 0.0360. The Hall–Kier alpha value is -3.95. The molecule has 9 nitrogen and oxygen atoms in total. The summed E-state index contributed by atoms with van der Waals surface area (Å²) in [4.78, 5) is 18.4. The molecule has 1 aliphatic heterocycles. The molecule has 0 spiro atoms. The largest absolute Gasteiger partial charge is 0.379 e. The van der Waals surface area contributed by atoms with E-state index in [1.165, 1.54) is 11.1 Å². The summed E-state index contributed by atoms with van der Waals surface area (Å²) >= 11 is 0. The van der Waals surface area contributed by atoms with Crippen LogP contribution < -0.4 is 5.32 Å². The summed E-state index contributed by atoms with van der Waals surface area (Å²) in [5.74, 6) is 0.780. The molecule has 9 heteroatoms. The summed E-state index contributed by atoms with van der Waals surface area (Å²) in [5.41, 5.74) is 7.31. The Kier molecular flexibility index (Phi) is 6.46. The van der Waals surface area contributed by atoms with E-state index in [9.17, 15) is 0 Å². The van der Waals surface area contributed by atoms with Crippen LogP contribution in [0.4, 0.5) is 5.82 Å². The predicted molar refractivity (Wildman–Crippen MR) is 145 cm³/mol. The third-order valence-electron chi connectivity index (χ3n) is 6.99. The maximum absolute atomic E-state index is 5.46. The number of morpholine rings is 1. The van der Waals surface area contributed by atoms with Gasteiger partial charge in [-0.15, -0.1) is 0 Å². The normalized spacial score (nSPS) is 15.3. The number of anilines is 1. The zero-order chi connectivity index (χ0) is 25.2. The monoisotopic (exact) mass is 496 g/mol. The summed E-state index contributed by atoms with van der Waals surface area (Å²) in [6, 6.07) is 14.7. The van der Waals surface area contributed by atoms with Gasteiger partial charge in [0, 0.05) is 54.5 Å². The standard InChI is InChI=1S/C28H32N8O/c1-19-16-22(21-6-4-3-5-7-21)26(32-19)20(2)33-28-25-23(17-29-27(25)30-18-31-28)24-8-9-36(34-24)11-10-35-12-14-37-15-13-35/h3-9,16-18,20,32H,10-15H2,1-2H3,(H2,29,30,31,33)/t20-/m0/s1. The summed E-state index contributed by atoms with van der Waals surface area (Å²) in [7, 11) is 0. The van der Waals surface area contributed by atoms with Crippen LogP contribution >= 0.6 is 0 Å². The van der Waals surface area contributed by atoms with Gasteiger partial charge in [-0.3, -0.25) is 9.58 Å². The van der Waals surface area contributed by atoms with Crippen LogP contribution in [0.3, 0.4) is 0 Å². The molecule has 37 heavy (non-hydrogen) atoms. The van der Waals surface area contributed by atoms with Crippen molar-refractivity contribution in [1.29, 1.82) is 0 Å². The molecule has 1 aliphatic rings. The Morgan fingerprint density at radius 3 is 2.73 bits per heavy atom. The van der Waals surface area contributed by atoms with E-state index < -0.39 is 0 Å². The van der Waals surface area contributed by atoms with E-state index in [0.29, 0.717) is 0 Å². The fourth-order valence-corrected chi connectivity index (χ4v) is 5.06.